The zero-order chi connectivity index (χ0) is 15.9. The molecule has 0 amide bonds. The third kappa shape index (κ3) is 4.12. The van der Waals surface area contributed by atoms with Gasteiger partial charge in [0.1, 0.15) is 12.4 Å². The Hall–Kier alpha value is -1.84. The van der Waals surface area contributed by atoms with E-state index in [0.717, 1.165) is 38.3 Å². The molecular formula is C20H26N2O. The highest BCUT2D eigenvalue weighted by atomic mass is 16.5. The predicted molar refractivity (Wildman–Crippen MR) is 94.7 cm³/mol. The number of rotatable bonds is 6. The molecule has 1 aliphatic rings. The molecule has 2 aromatic rings. The molecule has 1 aliphatic heterocycles. The van der Waals surface area contributed by atoms with Gasteiger partial charge in [0.15, 0.2) is 0 Å². The number of hydrogen-bond donors (Lipinski definition) is 1. The van der Waals surface area contributed by atoms with Gasteiger partial charge in [0.25, 0.3) is 0 Å². The molecule has 1 heterocycles. The van der Waals surface area contributed by atoms with Crippen LogP contribution in [-0.4, -0.2) is 31.1 Å². The standard InChI is InChI=1S/C20H26N2O/c1-2-19(22-14-12-21-13-15-22)18-10-6-7-11-20(18)23-16-17-8-4-3-5-9-17/h3-11,19,21H,2,12-16H2,1H3/t19-/m0/s1. The van der Waals surface area contributed by atoms with E-state index in [4.69, 9.17) is 4.74 Å². The van der Waals surface area contributed by atoms with Crippen LogP contribution in [0.2, 0.25) is 0 Å². The number of benzene rings is 2. The quantitative estimate of drug-likeness (QED) is 0.882. The van der Waals surface area contributed by atoms with Crippen molar-refractivity contribution < 1.29 is 4.74 Å². The molecule has 1 saturated heterocycles. The number of ether oxygens (including phenoxy) is 1. The van der Waals surface area contributed by atoms with Gasteiger partial charge in [-0.1, -0.05) is 55.5 Å². The fraction of sp³-hybridized carbons (Fsp3) is 0.400. The van der Waals surface area contributed by atoms with Crippen molar-refractivity contribution in [2.75, 3.05) is 26.2 Å². The summed E-state index contributed by atoms with van der Waals surface area (Å²) in [4.78, 5) is 2.57. The Morgan fingerprint density at radius 1 is 1.00 bits per heavy atom. The Morgan fingerprint density at radius 2 is 1.70 bits per heavy atom. The van der Waals surface area contributed by atoms with Crippen LogP contribution in [0.3, 0.4) is 0 Å². The van der Waals surface area contributed by atoms with E-state index in [1.165, 1.54) is 11.1 Å². The SMILES string of the molecule is CC[C@@H](c1ccccc1OCc1ccccc1)N1CCNCC1. The Bertz CT molecular complexity index is 594. The number of nitrogens with one attached hydrogen (secondary N) is 1. The molecule has 2 aromatic carbocycles. The summed E-state index contributed by atoms with van der Waals surface area (Å²) in [5, 5.41) is 3.43. The molecule has 0 saturated carbocycles. The molecule has 0 unspecified atom stereocenters. The molecule has 1 N–H and O–H groups in total. The van der Waals surface area contributed by atoms with Crippen molar-refractivity contribution in [1.82, 2.24) is 10.2 Å². The van der Waals surface area contributed by atoms with Gasteiger partial charge in [-0.3, -0.25) is 4.90 Å². The molecule has 0 aromatic heterocycles. The topological polar surface area (TPSA) is 24.5 Å². The minimum Gasteiger partial charge on any atom is -0.489 e. The monoisotopic (exact) mass is 310 g/mol. The lowest BCUT2D eigenvalue weighted by Crippen LogP contribution is -2.45. The number of para-hydroxylation sites is 1. The average Bonchev–Trinajstić information content (AvgIpc) is 2.63. The third-order valence-corrected chi connectivity index (χ3v) is 4.49. The van der Waals surface area contributed by atoms with E-state index in [0.29, 0.717) is 12.6 Å². The van der Waals surface area contributed by atoms with E-state index in [2.05, 4.69) is 65.7 Å². The lowest BCUT2D eigenvalue weighted by Gasteiger charge is -2.35. The minimum absolute atomic E-state index is 0.434. The first-order chi connectivity index (χ1) is 11.4. The summed E-state index contributed by atoms with van der Waals surface area (Å²) in [6.07, 6.45) is 1.10. The lowest BCUT2D eigenvalue weighted by molar-refractivity contribution is 0.164. The molecule has 3 heteroatoms. The summed E-state index contributed by atoms with van der Waals surface area (Å²) in [5.41, 5.74) is 2.52. The Morgan fingerprint density at radius 3 is 2.43 bits per heavy atom. The normalized spacial score (nSPS) is 16.9. The fourth-order valence-electron chi connectivity index (χ4n) is 3.29. The first-order valence-corrected chi connectivity index (χ1v) is 8.59. The van der Waals surface area contributed by atoms with Crippen LogP contribution in [0.5, 0.6) is 5.75 Å². The van der Waals surface area contributed by atoms with Crippen molar-refractivity contribution in [3.63, 3.8) is 0 Å². The van der Waals surface area contributed by atoms with Crippen molar-refractivity contribution in [3.05, 3.63) is 65.7 Å². The van der Waals surface area contributed by atoms with Gasteiger partial charge < -0.3 is 10.1 Å². The minimum atomic E-state index is 0.434. The second-order valence-corrected chi connectivity index (χ2v) is 6.02. The molecular weight excluding hydrogens is 284 g/mol. The van der Waals surface area contributed by atoms with Crippen molar-refractivity contribution in [1.29, 1.82) is 0 Å². The van der Waals surface area contributed by atoms with Gasteiger partial charge in [-0.15, -0.1) is 0 Å². The summed E-state index contributed by atoms with van der Waals surface area (Å²) >= 11 is 0. The molecule has 0 spiro atoms. The fourth-order valence-corrected chi connectivity index (χ4v) is 3.29. The maximum Gasteiger partial charge on any atom is 0.124 e. The number of nitrogens with zero attached hydrogens (tertiary/aromatic N) is 1. The highest BCUT2D eigenvalue weighted by molar-refractivity contribution is 5.36. The van der Waals surface area contributed by atoms with Crippen LogP contribution in [0.15, 0.2) is 54.6 Å². The molecule has 1 fully saturated rings. The number of piperazine rings is 1. The van der Waals surface area contributed by atoms with Crippen LogP contribution in [-0.2, 0) is 6.61 Å². The summed E-state index contributed by atoms with van der Waals surface area (Å²) in [5.74, 6) is 1.02. The van der Waals surface area contributed by atoms with E-state index < -0.39 is 0 Å². The van der Waals surface area contributed by atoms with Crippen LogP contribution < -0.4 is 10.1 Å². The second-order valence-electron chi connectivity index (χ2n) is 6.02. The summed E-state index contributed by atoms with van der Waals surface area (Å²) in [7, 11) is 0. The Labute approximate surface area is 139 Å². The molecule has 0 bridgehead atoms. The average molecular weight is 310 g/mol. The van der Waals surface area contributed by atoms with Crippen molar-refractivity contribution in [3.8, 4) is 5.75 Å². The van der Waals surface area contributed by atoms with Crippen LogP contribution in [0.4, 0.5) is 0 Å². The zero-order valence-corrected chi connectivity index (χ0v) is 13.9. The van der Waals surface area contributed by atoms with Gasteiger partial charge in [0.05, 0.1) is 0 Å². The van der Waals surface area contributed by atoms with Crippen LogP contribution in [0.1, 0.15) is 30.5 Å². The maximum atomic E-state index is 6.15. The van der Waals surface area contributed by atoms with E-state index in [-0.39, 0.29) is 0 Å². The summed E-state index contributed by atoms with van der Waals surface area (Å²) in [6.45, 7) is 7.24. The molecule has 3 rings (SSSR count). The second kappa shape index (κ2) is 8.14. The summed E-state index contributed by atoms with van der Waals surface area (Å²) in [6, 6.07) is 19.3. The largest absolute Gasteiger partial charge is 0.489 e. The Balaban J connectivity index is 1.75. The van der Waals surface area contributed by atoms with Gasteiger partial charge >= 0.3 is 0 Å². The van der Waals surface area contributed by atoms with Crippen LogP contribution in [0.25, 0.3) is 0 Å². The van der Waals surface area contributed by atoms with Crippen molar-refractivity contribution >= 4 is 0 Å². The van der Waals surface area contributed by atoms with E-state index in [1.54, 1.807) is 0 Å². The van der Waals surface area contributed by atoms with Gasteiger partial charge in [-0.25, -0.2) is 0 Å². The van der Waals surface area contributed by atoms with Gasteiger partial charge in [-0.05, 0) is 18.1 Å². The van der Waals surface area contributed by atoms with Crippen LogP contribution >= 0.6 is 0 Å². The lowest BCUT2D eigenvalue weighted by atomic mass is 10.0. The smallest absolute Gasteiger partial charge is 0.124 e. The van der Waals surface area contributed by atoms with E-state index in [9.17, 15) is 0 Å². The third-order valence-electron chi connectivity index (χ3n) is 4.49. The van der Waals surface area contributed by atoms with Gasteiger partial charge in [0.2, 0.25) is 0 Å². The number of hydrogen-bond acceptors (Lipinski definition) is 3. The molecule has 0 radical (unpaired) electrons. The zero-order valence-electron chi connectivity index (χ0n) is 13.9. The molecule has 1 atom stereocenters. The van der Waals surface area contributed by atoms with E-state index >= 15 is 0 Å². The molecule has 3 nitrogen and oxygen atoms in total. The molecule has 122 valence electrons. The molecule has 0 aliphatic carbocycles. The molecule has 23 heavy (non-hydrogen) atoms. The maximum absolute atomic E-state index is 6.15. The summed E-state index contributed by atoms with van der Waals surface area (Å²) < 4.78 is 6.15. The predicted octanol–water partition coefficient (Wildman–Crippen LogP) is 3.62. The first-order valence-electron chi connectivity index (χ1n) is 8.59. The first kappa shape index (κ1) is 16.0. The van der Waals surface area contributed by atoms with Crippen molar-refractivity contribution in [2.24, 2.45) is 0 Å². The van der Waals surface area contributed by atoms with Crippen molar-refractivity contribution in [2.45, 2.75) is 26.0 Å². The van der Waals surface area contributed by atoms with Gasteiger partial charge in [0, 0.05) is 37.8 Å². The highest BCUT2D eigenvalue weighted by Crippen LogP contribution is 2.32. The van der Waals surface area contributed by atoms with Crippen LogP contribution in [0, 0.1) is 0 Å². The Kier molecular flexibility index (Phi) is 5.67. The van der Waals surface area contributed by atoms with Gasteiger partial charge in [-0.2, -0.15) is 0 Å². The van der Waals surface area contributed by atoms with E-state index in [1.807, 2.05) is 6.07 Å². The highest BCUT2D eigenvalue weighted by Gasteiger charge is 2.23.